The minimum atomic E-state index is -0.808. The van der Waals surface area contributed by atoms with Crippen LogP contribution in [-0.2, 0) is 4.79 Å². The Morgan fingerprint density at radius 2 is 2.28 bits per heavy atom. The lowest BCUT2D eigenvalue weighted by molar-refractivity contribution is -0.138. The van der Waals surface area contributed by atoms with E-state index in [2.05, 4.69) is 27.3 Å². The largest absolute Gasteiger partial charge is 0.481 e. The lowest BCUT2D eigenvalue weighted by Crippen LogP contribution is -2.46. The molecule has 5 heteroatoms. The molecular formula is C13H13BrN2O2. The molecular weight excluding hydrogens is 296 g/mol. The second-order valence-electron chi connectivity index (χ2n) is 4.63. The number of hydrogen-bond donors (Lipinski definition) is 2. The van der Waals surface area contributed by atoms with Crippen LogP contribution >= 0.6 is 15.9 Å². The van der Waals surface area contributed by atoms with Gasteiger partial charge in [-0.05, 0) is 37.5 Å². The van der Waals surface area contributed by atoms with Crippen LogP contribution in [0.15, 0.2) is 22.7 Å². The maximum absolute atomic E-state index is 10.9. The van der Waals surface area contributed by atoms with Crippen molar-refractivity contribution in [1.29, 1.82) is 5.26 Å². The van der Waals surface area contributed by atoms with Gasteiger partial charge in [0.2, 0.25) is 0 Å². The highest BCUT2D eigenvalue weighted by atomic mass is 79.9. The van der Waals surface area contributed by atoms with Crippen molar-refractivity contribution in [3.63, 3.8) is 0 Å². The van der Waals surface area contributed by atoms with E-state index >= 15 is 0 Å². The highest BCUT2D eigenvalue weighted by molar-refractivity contribution is 9.10. The number of nitrogens with zero attached hydrogens (tertiary/aromatic N) is 1. The molecule has 0 bridgehead atoms. The van der Waals surface area contributed by atoms with Gasteiger partial charge in [0.1, 0.15) is 6.07 Å². The molecule has 1 aromatic rings. The Balaban J connectivity index is 2.23. The number of nitrogens with one attached hydrogen (secondary N) is 1. The van der Waals surface area contributed by atoms with E-state index in [1.165, 1.54) is 0 Å². The second kappa shape index (κ2) is 4.99. The van der Waals surface area contributed by atoms with E-state index in [-0.39, 0.29) is 12.0 Å². The van der Waals surface area contributed by atoms with Gasteiger partial charge in [0.15, 0.2) is 0 Å². The third kappa shape index (κ3) is 2.65. The molecule has 0 aliphatic heterocycles. The number of halogens is 1. The number of hydrogen-bond acceptors (Lipinski definition) is 3. The van der Waals surface area contributed by atoms with E-state index in [0.717, 1.165) is 23.7 Å². The predicted octanol–water partition coefficient (Wildman–Crippen LogP) is 3.13. The van der Waals surface area contributed by atoms with Crippen molar-refractivity contribution in [2.75, 3.05) is 5.32 Å². The van der Waals surface area contributed by atoms with E-state index < -0.39 is 5.97 Å². The molecule has 2 rings (SSSR count). The molecule has 4 nitrogen and oxygen atoms in total. The lowest BCUT2D eigenvalue weighted by atomic mass is 9.74. The molecule has 94 valence electrons. The minimum Gasteiger partial charge on any atom is -0.481 e. The molecule has 0 saturated heterocycles. The van der Waals surface area contributed by atoms with Crippen molar-refractivity contribution in [3.8, 4) is 6.07 Å². The van der Waals surface area contributed by atoms with Crippen LogP contribution < -0.4 is 5.32 Å². The van der Waals surface area contributed by atoms with Gasteiger partial charge in [-0.1, -0.05) is 15.9 Å². The summed E-state index contributed by atoms with van der Waals surface area (Å²) in [5.41, 5.74) is 0.855. The van der Waals surface area contributed by atoms with Gasteiger partial charge >= 0.3 is 5.97 Å². The van der Waals surface area contributed by atoms with Crippen LogP contribution in [0.3, 0.4) is 0 Å². The maximum atomic E-state index is 10.9. The Bertz CT molecular complexity index is 518. The summed E-state index contributed by atoms with van der Waals surface area (Å²) in [7, 11) is 0. The summed E-state index contributed by atoms with van der Waals surface area (Å²) >= 11 is 3.32. The Kier molecular flexibility index (Phi) is 3.58. The van der Waals surface area contributed by atoms with Crippen LogP contribution in [0.5, 0.6) is 0 Å². The maximum Gasteiger partial charge on any atom is 0.305 e. The first-order chi connectivity index (χ1) is 8.54. The molecule has 0 radical (unpaired) electrons. The van der Waals surface area contributed by atoms with Crippen LogP contribution in [0.2, 0.25) is 0 Å². The van der Waals surface area contributed by atoms with E-state index in [9.17, 15) is 4.79 Å². The highest BCUT2D eigenvalue weighted by Crippen LogP contribution is 2.39. The molecule has 1 aliphatic carbocycles. The lowest BCUT2D eigenvalue weighted by Gasteiger charge is -2.42. The molecule has 1 aliphatic rings. The van der Waals surface area contributed by atoms with Crippen LogP contribution in [0.25, 0.3) is 0 Å². The van der Waals surface area contributed by atoms with E-state index in [4.69, 9.17) is 10.4 Å². The zero-order valence-electron chi connectivity index (χ0n) is 9.74. The van der Waals surface area contributed by atoms with Crippen molar-refractivity contribution in [2.24, 2.45) is 0 Å². The number of rotatable bonds is 4. The molecule has 1 saturated carbocycles. The highest BCUT2D eigenvalue weighted by Gasteiger charge is 2.39. The zero-order chi connectivity index (χ0) is 13.2. The fourth-order valence-electron chi connectivity index (χ4n) is 2.24. The molecule has 0 aromatic heterocycles. The third-order valence-electron chi connectivity index (χ3n) is 3.30. The molecule has 1 aromatic carbocycles. The first-order valence-corrected chi connectivity index (χ1v) is 6.54. The Labute approximate surface area is 114 Å². The molecule has 0 heterocycles. The molecule has 0 amide bonds. The summed E-state index contributed by atoms with van der Waals surface area (Å²) in [6, 6.07) is 7.51. The number of carboxylic acids is 1. The van der Waals surface area contributed by atoms with Crippen molar-refractivity contribution in [2.45, 2.75) is 31.2 Å². The molecule has 1 fully saturated rings. The monoisotopic (exact) mass is 308 g/mol. The first-order valence-electron chi connectivity index (χ1n) is 5.74. The average molecular weight is 309 g/mol. The van der Waals surface area contributed by atoms with Gasteiger partial charge in [0.25, 0.3) is 0 Å². The van der Waals surface area contributed by atoms with E-state index in [1.807, 2.05) is 12.1 Å². The summed E-state index contributed by atoms with van der Waals surface area (Å²) in [5.74, 6) is -0.808. The molecule has 0 unspecified atom stereocenters. The number of aliphatic carboxylic acids is 1. The van der Waals surface area contributed by atoms with Gasteiger partial charge < -0.3 is 10.4 Å². The van der Waals surface area contributed by atoms with Gasteiger partial charge in [-0.2, -0.15) is 5.26 Å². The Hall–Kier alpha value is -1.54. The molecule has 0 atom stereocenters. The van der Waals surface area contributed by atoms with Gasteiger partial charge in [-0.25, -0.2) is 0 Å². The standard InChI is InChI=1S/C13H13BrN2O2/c14-10-2-3-11(9(6-10)8-15)16-13(4-1-5-13)7-12(17)18/h2-3,6,16H,1,4-5,7H2,(H,17,18). The van der Waals surface area contributed by atoms with Crippen molar-refractivity contribution >= 4 is 27.6 Å². The predicted molar refractivity (Wildman–Crippen MR) is 71.3 cm³/mol. The van der Waals surface area contributed by atoms with Crippen molar-refractivity contribution in [1.82, 2.24) is 0 Å². The van der Waals surface area contributed by atoms with Crippen molar-refractivity contribution < 1.29 is 9.90 Å². The molecule has 0 spiro atoms. The number of benzene rings is 1. The summed E-state index contributed by atoms with van der Waals surface area (Å²) in [6.45, 7) is 0. The summed E-state index contributed by atoms with van der Waals surface area (Å²) in [6.07, 6.45) is 2.78. The number of anilines is 1. The summed E-state index contributed by atoms with van der Waals surface area (Å²) in [4.78, 5) is 10.9. The number of carboxylic acid groups (broad SMARTS) is 1. The van der Waals surface area contributed by atoms with Gasteiger partial charge in [-0.15, -0.1) is 0 Å². The Morgan fingerprint density at radius 3 is 2.78 bits per heavy atom. The Morgan fingerprint density at radius 1 is 1.56 bits per heavy atom. The fourth-order valence-corrected chi connectivity index (χ4v) is 2.60. The van der Waals surface area contributed by atoms with E-state index in [1.54, 1.807) is 6.07 Å². The smallest absolute Gasteiger partial charge is 0.305 e. The van der Waals surface area contributed by atoms with Gasteiger partial charge in [0, 0.05) is 10.0 Å². The van der Waals surface area contributed by atoms with Gasteiger partial charge in [0.05, 0.1) is 17.7 Å². The minimum absolute atomic E-state index is 0.0912. The second-order valence-corrected chi connectivity index (χ2v) is 5.55. The average Bonchev–Trinajstić information content (AvgIpc) is 2.27. The topological polar surface area (TPSA) is 73.1 Å². The number of nitriles is 1. The van der Waals surface area contributed by atoms with Crippen LogP contribution in [0.1, 0.15) is 31.2 Å². The molecule has 18 heavy (non-hydrogen) atoms. The van der Waals surface area contributed by atoms with Crippen LogP contribution in [0.4, 0.5) is 5.69 Å². The first kappa shape index (κ1) is 12.9. The van der Waals surface area contributed by atoms with E-state index in [0.29, 0.717) is 11.3 Å². The normalized spacial score (nSPS) is 16.4. The van der Waals surface area contributed by atoms with Crippen LogP contribution in [0, 0.1) is 11.3 Å². The zero-order valence-corrected chi connectivity index (χ0v) is 11.3. The van der Waals surface area contributed by atoms with Crippen LogP contribution in [-0.4, -0.2) is 16.6 Å². The summed E-state index contributed by atoms with van der Waals surface area (Å²) < 4.78 is 0.838. The molecule has 2 N–H and O–H groups in total. The third-order valence-corrected chi connectivity index (χ3v) is 3.80. The van der Waals surface area contributed by atoms with Gasteiger partial charge in [-0.3, -0.25) is 4.79 Å². The van der Waals surface area contributed by atoms with Crippen molar-refractivity contribution in [3.05, 3.63) is 28.2 Å². The number of carbonyl (C=O) groups is 1. The fraction of sp³-hybridized carbons (Fsp3) is 0.385. The quantitative estimate of drug-likeness (QED) is 0.896. The summed E-state index contributed by atoms with van der Waals surface area (Å²) in [5, 5.41) is 21.3. The SMILES string of the molecule is N#Cc1cc(Br)ccc1NC1(CC(=O)O)CCC1.